The Balaban J connectivity index is 2.61. The maximum atomic E-state index is 10.9. The highest BCUT2D eigenvalue weighted by atomic mass is 16.6. The van der Waals surface area contributed by atoms with Crippen LogP contribution in [-0.4, -0.2) is 21.8 Å². The van der Waals surface area contributed by atoms with E-state index in [-0.39, 0.29) is 11.6 Å². The van der Waals surface area contributed by atoms with Gasteiger partial charge in [0.2, 0.25) is 0 Å². The summed E-state index contributed by atoms with van der Waals surface area (Å²) in [6, 6.07) is 9.20. The first-order valence-corrected chi connectivity index (χ1v) is 4.98. The number of hydrogen-bond acceptors (Lipinski definition) is 4. The number of aromatic nitrogens is 2. The molecule has 2 rings (SSSR count). The molecular weight excluding hydrogens is 222 g/mol. The number of methoxy groups -OCH3 is 1. The van der Waals surface area contributed by atoms with Crippen LogP contribution >= 0.6 is 0 Å². The molecule has 1 aromatic heterocycles. The van der Waals surface area contributed by atoms with Crippen molar-refractivity contribution >= 4 is 5.69 Å². The topological polar surface area (TPSA) is 70.2 Å². The monoisotopic (exact) mass is 233 g/mol. The highest BCUT2D eigenvalue weighted by Crippen LogP contribution is 2.30. The van der Waals surface area contributed by atoms with E-state index >= 15 is 0 Å². The fourth-order valence-corrected chi connectivity index (χ4v) is 1.64. The molecule has 0 N–H and O–H groups in total. The number of benzene rings is 1. The van der Waals surface area contributed by atoms with Gasteiger partial charge in [0, 0.05) is 0 Å². The first kappa shape index (κ1) is 11.1. The van der Waals surface area contributed by atoms with E-state index in [0.717, 1.165) is 5.69 Å². The van der Waals surface area contributed by atoms with Crippen molar-refractivity contribution in [3.63, 3.8) is 0 Å². The molecule has 1 heterocycles. The van der Waals surface area contributed by atoms with Crippen LogP contribution in [0.2, 0.25) is 0 Å². The van der Waals surface area contributed by atoms with Gasteiger partial charge in [0.15, 0.2) is 0 Å². The van der Waals surface area contributed by atoms with Crippen molar-refractivity contribution in [2.45, 2.75) is 6.92 Å². The summed E-state index contributed by atoms with van der Waals surface area (Å²) in [4.78, 5) is 10.4. The van der Waals surface area contributed by atoms with Crippen LogP contribution in [0, 0.1) is 17.0 Å². The van der Waals surface area contributed by atoms with E-state index in [0.29, 0.717) is 5.69 Å². The van der Waals surface area contributed by atoms with E-state index in [2.05, 4.69) is 5.10 Å². The summed E-state index contributed by atoms with van der Waals surface area (Å²) in [5.74, 6) is 0.0244. The Hall–Kier alpha value is -2.37. The fraction of sp³-hybridized carbons (Fsp3) is 0.182. The van der Waals surface area contributed by atoms with E-state index in [1.807, 2.05) is 30.3 Å². The minimum Gasteiger partial charge on any atom is -0.475 e. The Kier molecular flexibility index (Phi) is 2.78. The molecule has 2 aromatic rings. The summed E-state index contributed by atoms with van der Waals surface area (Å²) in [5.41, 5.74) is 1.10. The van der Waals surface area contributed by atoms with Crippen molar-refractivity contribution in [3.8, 4) is 11.6 Å². The van der Waals surface area contributed by atoms with Gasteiger partial charge in [-0.2, -0.15) is 0 Å². The zero-order valence-corrected chi connectivity index (χ0v) is 9.45. The molecule has 0 aliphatic rings. The van der Waals surface area contributed by atoms with Crippen LogP contribution in [0.5, 0.6) is 5.88 Å². The highest BCUT2D eigenvalue weighted by Gasteiger charge is 2.26. The molecule has 88 valence electrons. The number of hydrogen-bond donors (Lipinski definition) is 0. The Morgan fingerprint density at radius 1 is 1.35 bits per heavy atom. The zero-order chi connectivity index (χ0) is 12.4. The second kappa shape index (κ2) is 4.25. The van der Waals surface area contributed by atoms with Crippen molar-refractivity contribution in [1.29, 1.82) is 0 Å². The molecule has 0 atom stereocenters. The number of nitrogens with zero attached hydrogens (tertiary/aromatic N) is 3. The first-order valence-electron chi connectivity index (χ1n) is 4.98. The quantitative estimate of drug-likeness (QED) is 0.601. The van der Waals surface area contributed by atoms with Crippen LogP contribution < -0.4 is 4.74 Å². The summed E-state index contributed by atoms with van der Waals surface area (Å²) >= 11 is 0. The van der Waals surface area contributed by atoms with Gasteiger partial charge in [0.1, 0.15) is 5.69 Å². The van der Waals surface area contributed by atoms with Gasteiger partial charge in [0.05, 0.1) is 17.7 Å². The first-order chi connectivity index (χ1) is 8.15. The van der Waals surface area contributed by atoms with E-state index in [1.165, 1.54) is 11.8 Å². The molecule has 0 aliphatic heterocycles. The molecule has 0 fully saturated rings. The van der Waals surface area contributed by atoms with E-state index < -0.39 is 4.92 Å². The number of ether oxygens (including phenoxy) is 1. The minimum atomic E-state index is -0.486. The maximum Gasteiger partial charge on any atom is 0.353 e. The van der Waals surface area contributed by atoms with Crippen LogP contribution in [0.1, 0.15) is 5.69 Å². The average molecular weight is 233 g/mol. The number of rotatable bonds is 3. The molecule has 0 radical (unpaired) electrons. The minimum absolute atomic E-state index is 0.0244. The van der Waals surface area contributed by atoms with Crippen LogP contribution in [0.3, 0.4) is 0 Å². The Morgan fingerprint density at radius 2 is 2.00 bits per heavy atom. The van der Waals surface area contributed by atoms with Gasteiger partial charge in [-0.05, 0) is 19.1 Å². The standard InChI is InChI=1S/C11H11N3O3/c1-8-10(14(15)16)11(17-2)12-13(8)9-6-4-3-5-7-9/h3-7H,1-2H3. The van der Waals surface area contributed by atoms with Gasteiger partial charge in [-0.25, -0.2) is 4.68 Å². The van der Waals surface area contributed by atoms with Crippen LogP contribution in [-0.2, 0) is 0 Å². The van der Waals surface area contributed by atoms with Crippen molar-refractivity contribution in [3.05, 3.63) is 46.1 Å². The third-order valence-electron chi connectivity index (χ3n) is 2.43. The molecule has 17 heavy (non-hydrogen) atoms. The highest BCUT2D eigenvalue weighted by molar-refractivity contribution is 5.49. The molecular formula is C11H11N3O3. The van der Waals surface area contributed by atoms with Gasteiger partial charge in [0.25, 0.3) is 0 Å². The smallest absolute Gasteiger partial charge is 0.353 e. The molecule has 1 aromatic carbocycles. The van der Waals surface area contributed by atoms with Crippen molar-refractivity contribution < 1.29 is 9.66 Å². The molecule has 6 heteroatoms. The van der Waals surface area contributed by atoms with Gasteiger partial charge in [-0.3, -0.25) is 10.1 Å². The predicted molar refractivity (Wildman–Crippen MR) is 61.5 cm³/mol. The Bertz CT molecular complexity index is 549. The lowest BCUT2D eigenvalue weighted by molar-refractivity contribution is -0.386. The van der Waals surface area contributed by atoms with E-state index in [9.17, 15) is 10.1 Å². The predicted octanol–water partition coefficient (Wildman–Crippen LogP) is 2.10. The van der Waals surface area contributed by atoms with E-state index in [4.69, 9.17) is 4.74 Å². The maximum absolute atomic E-state index is 10.9. The summed E-state index contributed by atoms with van der Waals surface area (Å²) in [5, 5.41) is 15.0. The SMILES string of the molecule is COc1nn(-c2ccccc2)c(C)c1[N+](=O)[O-]. The second-order valence-electron chi connectivity index (χ2n) is 3.45. The van der Waals surface area contributed by atoms with Gasteiger partial charge < -0.3 is 4.74 Å². The zero-order valence-electron chi connectivity index (χ0n) is 9.45. The normalized spacial score (nSPS) is 10.2. The largest absolute Gasteiger partial charge is 0.475 e. The summed E-state index contributed by atoms with van der Waals surface area (Å²) in [6.45, 7) is 1.64. The van der Waals surface area contributed by atoms with E-state index in [1.54, 1.807) is 6.92 Å². The van der Waals surface area contributed by atoms with Crippen molar-refractivity contribution in [1.82, 2.24) is 9.78 Å². The molecule has 6 nitrogen and oxygen atoms in total. The Morgan fingerprint density at radius 3 is 2.47 bits per heavy atom. The third kappa shape index (κ3) is 1.84. The second-order valence-corrected chi connectivity index (χ2v) is 3.45. The number of nitro groups is 1. The summed E-state index contributed by atoms with van der Waals surface area (Å²) in [7, 11) is 1.37. The van der Waals surface area contributed by atoms with Crippen LogP contribution in [0.15, 0.2) is 30.3 Å². The lowest BCUT2D eigenvalue weighted by atomic mass is 10.3. The lowest BCUT2D eigenvalue weighted by Crippen LogP contribution is -1.99. The Labute approximate surface area is 97.6 Å². The summed E-state index contributed by atoms with van der Waals surface area (Å²) in [6.07, 6.45) is 0. The van der Waals surface area contributed by atoms with Crippen molar-refractivity contribution in [2.75, 3.05) is 7.11 Å². The lowest BCUT2D eigenvalue weighted by Gasteiger charge is -2.01. The summed E-state index contributed by atoms with van der Waals surface area (Å²) < 4.78 is 6.41. The molecule has 0 amide bonds. The van der Waals surface area contributed by atoms with Crippen molar-refractivity contribution in [2.24, 2.45) is 0 Å². The molecule has 0 saturated carbocycles. The van der Waals surface area contributed by atoms with Crippen LogP contribution in [0.4, 0.5) is 5.69 Å². The molecule has 0 spiro atoms. The van der Waals surface area contributed by atoms with Gasteiger partial charge in [-0.1, -0.05) is 18.2 Å². The van der Waals surface area contributed by atoms with Gasteiger partial charge >= 0.3 is 11.6 Å². The molecule has 0 unspecified atom stereocenters. The number of para-hydroxylation sites is 1. The van der Waals surface area contributed by atoms with Gasteiger partial charge in [-0.15, -0.1) is 5.10 Å². The molecule has 0 aliphatic carbocycles. The molecule has 0 bridgehead atoms. The van der Waals surface area contributed by atoms with Crippen LogP contribution in [0.25, 0.3) is 5.69 Å². The molecule has 0 saturated heterocycles. The fourth-order valence-electron chi connectivity index (χ4n) is 1.64. The average Bonchev–Trinajstić information content (AvgIpc) is 2.67. The third-order valence-corrected chi connectivity index (χ3v) is 2.43.